The molecule has 1 aliphatic rings. The first-order valence-electron chi connectivity index (χ1n) is 11.4. The SMILES string of the molecule is COc1ccc(CC(=O)N2CCOc3ccc(COCc4cccc(F)c4)cc3C2(C)C)cc1. The van der Waals surface area contributed by atoms with Gasteiger partial charge in [-0.1, -0.05) is 30.3 Å². The van der Waals surface area contributed by atoms with Crippen molar-refractivity contribution in [1.29, 1.82) is 0 Å². The molecule has 0 fully saturated rings. The minimum atomic E-state index is -0.562. The van der Waals surface area contributed by atoms with E-state index in [-0.39, 0.29) is 11.7 Å². The van der Waals surface area contributed by atoms with Gasteiger partial charge in [0.15, 0.2) is 0 Å². The monoisotopic (exact) mass is 463 g/mol. The average molecular weight is 464 g/mol. The van der Waals surface area contributed by atoms with Crippen LogP contribution in [0.3, 0.4) is 0 Å². The molecule has 0 aromatic heterocycles. The number of amides is 1. The molecule has 34 heavy (non-hydrogen) atoms. The number of hydrogen-bond donors (Lipinski definition) is 0. The van der Waals surface area contributed by atoms with Gasteiger partial charge in [-0.25, -0.2) is 4.39 Å². The van der Waals surface area contributed by atoms with Gasteiger partial charge in [0.25, 0.3) is 0 Å². The highest BCUT2D eigenvalue weighted by molar-refractivity contribution is 5.80. The highest BCUT2D eigenvalue weighted by atomic mass is 19.1. The van der Waals surface area contributed by atoms with Gasteiger partial charge < -0.3 is 19.1 Å². The summed E-state index contributed by atoms with van der Waals surface area (Å²) < 4.78 is 30.4. The summed E-state index contributed by atoms with van der Waals surface area (Å²) >= 11 is 0. The van der Waals surface area contributed by atoms with Gasteiger partial charge in [0.1, 0.15) is 23.9 Å². The normalized spacial score (nSPS) is 14.6. The Morgan fingerprint density at radius 3 is 2.41 bits per heavy atom. The highest BCUT2D eigenvalue weighted by Gasteiger charge is 2.37. The van der Waals surface area contributed by atoms with Crippen molar-refractivity contribution in [2.24, 2.45) is 0 Å². The summed E-state index contributed by atoms with van der Waals surface area (Å²) in [6.45, 7) is 5.72. The molecule has 4 rings (SSSR count). The lowest BCUT2D eigenvalue weighted by Crippen LogP contribution is -2.46. The number of rotatable bonds is 7. The van der Waals surface area contributed by atoms with E-state index < -0.39 is 5.54 Å². The van der Waals surface area contributed by atoms with E-state index in [1.54, 1.807) is 13.2 Å². The van der Waals surface area contributed by atoms with E-state index in [4.69, 9.17) is 14.2 Å². The maximum atomic E-state index is 13.4. The molecule has 178 valence electrons. The van der Waals surface area contributed by atoms with Gasteiger partial charge in [-0.05, 0) is 66.9 Å². The largest absolute Gasteiger partial charge is 0.497 e. The fourth-order valence-corrected chi connectivity index (χ4v) is 4.31. The minimum absolute atomic E-state index is 0.0411. The summed E-state index contributed by atoms with van der Waals surface area (Å²) in [6.07, 6.45) is 0.305. The molecule has 0 radical (unpaired) electrons. The first-order valence-corrected chi connectivity index (χ1v) is 11.4. The van der Waals surface area contributed by atoms with E-state index in [2.05, 4.69) is 0 Å². The fraction of sp³-hybridized carbons (Fsp3) is 0.321. The zero-order valence-corrected chi connectivity index (χ0v) is 19.8. The number of benzene rings is 3. The van der Waals surface area contributed by atoms with Crippen LogP contribution in [-0.4, -0.2) is 31.1 Å². The number of carbonyl (C=O) groups is 1. The van der Waals surface area contributed by atoms with Crippen LogP contribution in [-0.2, 0) is 34.7 Å². The molecule has 5 nitrogen and oxygen atoms in total. The highest BCUT2D eigenvalue weighted by Crippen LogP contribution is 2.38. The molecule has 6 heteroatoms. The average Bonchev–Trinajstić information content (AvgIpc) is 2.95. The second-order valence-corrected chi connectivity index (χ2v) is 8.93. The Morgan fingerprint density at radius 1 is 1.00 bits per heavy atom. The lowest BCUT2D eigenvalue weighted by molar-refractivity contribution is -0.136. The third-order valence-electron chi connectivity index (χ3n) is 6.19. The van der Waals surface area contributed by atoms with Crippen LogP contribution in [0.25, 0.3) is 0 Å². The van der Waals surface area contributed by atoms with E-state index in [0.717, 1.165) is 33.8 Å². The van der Waals surface area contributed by atoms with Crippen molar-refractivity contribution in [3.63, 3.8) is 0 Å². The Morgan fingerprint density at radius 2 is 1.71 bits per heavy atom. The predicted molar refractivity (Wildman–Crippen MR) is 128 cm³/mol. The topological polar surface area (TPSA) is 48.0 Å². The van der Waals surface area contributed by atoms with Gasteiger partial charge in [-0.2, -0.15) is 0 Å². The van der Waals surface area contributed by atoms with Crippen LogP contribution in [0.1, 0.15) is 36.1 Å². The molecule has 0 unspecified atom stereocenters. The summed E-state index contributed by atoms with van der Waals surface area (Å²) in [5, 5.41) is 0. The van der Waals surface area contributed by atoms with Gasteiger partial charge >= 0.3 is 0 Å². The quantitative estimate of drug-likeness (QED) is 0.480. The summed E-state index contributed by atoms with van der Waals surface area (Å²) in [7, 11) is 1.62. The molecule has 0 saturated carbocycles. The molecule has 0 saturated heterocycles. The number of ether oxygens (including phenoxy) is 3. The summed E-state index contributed by atoms with van der Waals surface area (Å²) in [6, 6.07) is 19.9. The van der Waals surface area contributed by atoms with Crippen molar-refractivity contribution in [2.75, 3.05) is 20.3 Å². The number of hydrogen-bond acceptors (Lipinski definition) is 4. The van der Waals surface area contributed by atoms with Crippen molar-refractivity contribution in [3.05, 3.63) is 94.8 Å². The summed E-state index contributed by atoms with van der Waals surface area (Å²) in [4.78, 5) is 15.2. The van der Waals surface area contributed by atoms with Gasteiger partial charge in [0, 0.05) is 5.56 Å². The Kier molecular flexibility index (Phi) is 7.17. The molecule has 0 atom stereocenters. The van der Waals surface area contributed by atoms with Crippen molar-refractivity contribution in [3.8, 4) is 11.5 Å². The van der Waals surface area contributed by atoms with E-state index in [1.807, 2.05) is 67.3 Å². The lowest BCUT2D eigenvalue weighted by Gasteiger charge is -2.37. The second kappa shape index (κ2) is 10.3. The molecule has 1 heterocycles. The van der Waals surface area contributed by atoms with Crippen LogP contribution >= 0.6 is 0 Å². The number of halogens is 1. The third kappa shape index (κ3) is 5.39. The van der Waals surface area contributed by atoms with E-state index in [1.165, 1.54) is 12.1 Å². The smallest absolute Gasteiger partial charge is 0.227 e. The number of carbonyl (C=O) groups excluding carboxylic acids is 1. The molecular weight excluding hydrogens is 433 g/mol. The van der Waals surface area contributed by atoms with Crippen molar-refractivity contribution >= 4 is 5.91 Å². The Bertz CT molecular complexity index is 1140. The first kappa shape index (κ1) is 23.8. The molecule has 0 bridgehead atoms. The number of methoxy groups -OCH3 is 1. The van der Waals surface area contributed by atoms with Crippen LogP contribution in [0.5, 0.6) is 11.5 Å². The lowest BCUT2D eigenvalue weighted by atomic mass is 9.89. The summed E-state index contributed by atoms with van der Waals surface area (Å²) in [5.74, 6) is 1.31. The fourth-order valence-electron chi connectivity index (χ4n) is 4.31. The van der Waals surface area contributed by atoms with Crippen LogP contribution in [0.15, 0.2) is 66.7 Å². The van der Waals surface area contributed by atoms with Gasteiger partial charge in [-0.15, -0.1) is 0 Å². The maximum absolute atomic E-state index is 13.4. The van der Waals surface area contributed by atoms with Crippen LogP contribution in [0.2, 0.25) is 0 Å². The Labute approximate surface area is 200 Å². The van der Waals surface area contributed by atoms with Crippen LogP contribution in [0, 0.1) is 5.82 Å². The van der Waals surface area contributed by atoms with E-state index in [0.29, 0.717) is 32.8 Å². The molecular formula is C28H30FNO4. The molecule has 0 N–H and O–H groups in total. The zero-order chi connectivity index (χ0) is 24.1. The Hall–Kier alpha value is -3.38. The van der Waals surface area contributed by atoms with Crippen LogP contribution < -0.4 is 9.47 Å². The minimum Gasteiger partial charge on any atom is -0.497 e. The van der Waals surface area contributed by atoms with Crippen LogP contribution in [0.4, 0.5) is 4.39 Å². The second-order valence-electron chi connectivity index (χ2n) is 8.93. The van der Waals surface area contributed by atoms with Crippen molar-refractivity contribution in [1.82, 2.24) is 4.90 Å². The number of fused-ring (bicyclic) bond motifs is 1. The summed E-state index contributed by atoms with van der Waals surface area (Å²) in [5.41, 5.74) is 3.07. The molecule has 0 aliphatic carbocycles. The maximum Gasteiger partial charge on any atom is 0.227 e. The van der Waals surface area contributed by atoms with E-state index >= 15 is 0 Å². The standard InChI is InChI=1S/C28H30FNO4/c1-28(2)25-16-22(19-33-18-21-5-4-6-23(29)15-21)9-12-26(25)34-14-13-30(28)27(31)17-20-7-10-24(32-3)11-8-20/h4-12,15-16H,13-14,17-19H2,1-3H3. The molecule has 3 aromatic carbocycles. The Balaban J connectivity index is 1.48. The van der Waals surface area contributed by atoms with E-state index in [9.17, 15) is 9.18 Å². The molecule has 3 aromatic rings. The zero-order valence-electron chi connectivity index (χ0n) is 19.8. The van der Waals surface area contributed by atoms with Gasteiger partial charge in [0.05, 0.1) is 38.8 Å². The predicted octanol–water partition coefficient (Wildman–Crippen LogP) is 5.25. The van der Waals surface area contributed by atoms with Crippen molar-refractivity contribution < 1.29 is 23.4 Å². The van der Waals surface area contributed by atoms with Gasteiger partial charge in [0.2, 0.25) is 5.91 Å². The van der Waals surface area contributed by atoms with Gasteiger partial charge in [-0.3, -0.25) is 4.79 Å². The number of nitrogens with zero attached hydrogens (tertiary/aromatic N) is 1. The molecule has 1 aliphatic heterocycles. The molecule has 1 amide bonds. The molecule has 0 spiro atoms. The third-order valence-corrected chi connectivity index (χ3v) is 6.19. The first-order chi connectivity index (χ1) is 16.4. The van der Waals surface area contributed by atoms with Crippen molar-refractivity contribution in [2.45, 2.75) is 39.0 Å².